The number of carbonyl (C=O) groups is 2. The van der Waals surface area contributed by atoms with Crippen molar-refractivity contribution in [3.05, 3.63) is 47.9 Å². The van der Waals surface area contributed by atoms with E-state index in [1.165, 1.54) is 0 Å². The van der Waals surface area contributed by atoms with E-state index in [1.807, 2.05) is 30.3 Å². The zero-order valence-electron chi connectivity index (χ0n) is 14.1. The highest BCUT2D eigenvalue weighted by Crippen LogP contribution is 2.20. The highest BCUT2D eigenvalue weighted by molar-refractivity contribution is 5.89. The summed E-state index contributed by atoms with van der Waals surface area (Å²) in [7, 11) is 0. The van der Waals surface area contributed by atoms with Gasteiger partial charge in [-0.1, -0.05) is 23.4 Å². The number of rotatable bonds is 4. The molecule has 2 heterocycles. The van der Waals surface area contributed by atoms with Crippen molar-refractivity contribution in [1.29, 1.82) is 0 Å². The Balaban J connectivity index is 1.51. The number of piperidine rings is 1. The van der Waals surface area contributed by atoms with Gasteiger partial charge in [-0.15, -0.1) is 0 Å². The number of ether oxygens (including phenoxy) is 1. The summed E-state index contributed by atoms with van der Waals surface area (Å²) in [5, 5.41) is 6.60. The lowest BCUT2D eigenvalue weighted by atomic mass is 9.98. The van der Waals surface area contributed by atoms with Crippen LogP contribution in [-0.4, -0.2) is 35.1 Å². The fourth-order valence-electron chi connectivity index (χ4n) is 2.82. The number of carbonyl (C=O) groups excluding carboxylic acids is 2. The van der Waals surface area contributed by atoms with Gasteiger partial charge < -0.3 is 19.5 Å². The Kier molecular flexibility index (Phi) is 5.33. The van der Waals surface area contributed by atoms with Crippen LogP contribution in [0.25, 0.3) is 0 Å². The van der Waals surface area contributed by atoms with Gasteiger partial charge in [0.25, 0.3) is 0 Å². The maximum Gasteiger partial charge on any atom is 0.321 e. The summed E-state index contributed by atoms with van der Waals surface area (Å²) in [5.74, 6) is -0.120. The van der Waals surface area contributed by atoms with E-state index in [-0.39, 0.29) is 24.5 Å². The third kappa shape index (κ3) is 4.59. The number of aromatic nitrogens is 1. The predicted octanol–water partition coefficient (Wildman–Crippen LogP) is 2.97. The highest BCUT2D eigenvalue weighted by atomic mass is 16.5. The number of nitrogens with one attached hydrogen (secondary N) is 1. The maximum absolute atomic E-state index is 12.4. The number of urea groups is 1. The van der Waals surface area contributed by atoms with Crippen molar-refractivity contribution in [1.82, 2.24) is 10.1 Å². The van der Waals surface area contributed by atoms with Crippen LogP contribution < -0.4 is 5.32 Å². The Labute approximate surface area is 145 Å². The molecule has 132 valence electrons. The van der Waals surface area contributed by atoms with Gasteiger partial charge in [0, 0.05) is 24.8 Å². The number of amides is 2. The maximum atomic E-state index is 12.4. The minimum Gasteiger partial charge on any atom is -0.457 e. The molecular weight excluding hydrogens is 322 g/mol. The van der Waals surface area contributed by atoms with Crippen LogP contribution in [0.1, 0.15) is 24.3 Å². The molecule has 0 spiro atoms. The van der Waals surface area contributed by atoms with Gasteiger partial charge in [0.15, 0.2) is 12.4 Å². The van der Waals surface area contributed by atoms with Crippen molar-refractivity contribution in [2.75, 3.05) is 18.4 Å². The molecule has 7 nitrogen and oxygen atoms in total. The van der Waals surface area contributed by atoms with E-state index in [0.717, 1.165) is 17.8 Å². The van der Waals surface area contributed by atoms with Crippen molar-refractivity contribution in [2.24, 2.45) is 5.92 Å². The van der Waals surface area contributed by atoms with Crippen LogP contribution in [0, 0.1) is 12.8 Å². The Morgan fingerprint density at radius 3 is 2.88 bits per heavy atom. The second kappa shape index (κ2) is 7.83. The molecule has 7 heteroatoms. The lowest BCUT2D eigenvalue weighted by Crippen LogP contribution is -2.44. The number of para-hydroxylation sites is 1. The number of hydrogen-bond donors (Lipinski definition) is 1. The SMILES string of the molecule is Cc1cc(COC(=O)[C@@H]2CCCN(C(=O)Nc3ccccc3)C2)on1. The zero-order chi connectivity index (χ0) is 17.6. The summed E-state index contributed by atoms with van der Waals surface area (Å²) in [6, 6.07) is 10.8. The van der Waals surface area contributed by atoms with E-state index < -0.39 is 0 Å². The molecule has 3 rings (SSSR count). The topological polar surface area (TPSA) is 84.7 Å². The Hall–Kier alpha value is -2.83. The van der Waals surface area contributed by atoms with Crippen LogP contribution in [0.15, 0.2) is 40.9 Å². The molecular formula is C18H21N3O4. The summed E-state index contributed by atoms with van der Waals surface area (Å²) in [5.41, 5.74) is 1.48. The molecule has 1 saturated heterocycles. The van der Waals surface area contributed by atoms with E-state index in [2.05, 4.69) is 10.5 Å². The van der Waals surface area contributed by atoms with E-state index in [4.69, 9.17) is 9.26 Å². The van der Waals surface area contributed by atoms with Gasteiger partial charge in [-0.05, 0) is 31.9 Å². The Bertz CT molecular complexity index is 729. The third-order valence-electron chi connectivity index (χ3n) is 4.10. The smallest absolute Gasteiger partial charge is 0.321 e. The molecule has 0 saturated carbocycles. The summed E-state index contributed by atoms with van der Waals surface area (Å²) in [6.45, 7) is 2.85. The summed E-state index contributed by atoms with van der Waals surface area (Å²) < 4.78 is 10.3. The van der Waals surface area contributed by atoms with Crippen molar-refractivity contribution < 1.29 is 18.8 Å². The molecule has 1 aromatic heterocycles. The highest BCUT2D eigenvalue weighted by Gasteiger charge is 2.29. The Morgan fingerprint density at radius 1 is 1.36 bits per heavy atom. The van der Waals surface area contributed by atoms with Gasteiger partial charge in [0.05, 0.1) is 11.6 Å². The van der Waals surface area contributed by atoms with Crippen molar-refractivity contribution >= 4 is 17.7 Å². The number of likely N-dealkylation sites (tertiary alicyclic amines) is 1. The Morgan fingerprint density at radius 2 is 2.16 bits per heavy atom. The lowest BCUT2D eigenvalue weighted by Gasteiger charge is -2.31. The molecule has 0 radical (unpaired) electrons. The van der Waals surface area contributed by atoms with Crippen LogP contribution in [0.3, 0.4) is 0 Å². The van der Waals surface area contributed by atoms with Gasteiger partial charge in [-0.25, -0.2) is 4.79 Å². The van der Waals surface area contributed by atoms with Crippen molar-refractivity contribution in [3.63, 3.8) is 0 Å². The summed E-state index contributed by atoms with van der Waals surface area (Å²) in [6.07, 6.45) is 1.48. The second-order valence-electron chi connectivity index (χ2n) is 6.12. The van der Waals surface area contributed by atoms with Crippen LogP contribution in [0.5, 0.6) is 0 Å². The molecule has 2 amide bonds. The fraction of sp³-hybridized carbons (Fsp3) is 0.389. The first-order chi connectivity index (χ1) is 12.1. The molecule has 1 aliphatic heterocycles. The molecule has 0 unspecified atom stereocenters. The molecule has 0 aliphatic carbocycles. The molecule has 2 aromatic rings. The second-order valence-corrected chi connectivity index (χ2v) is 6.12. The van der Waals surface area contributed by atoms with Crippen molar-refractivity contribution in [2.45, 2.75) is 26.4 Å². The molecule has 1 fully saturated rings. The van der Waals surface area contributed by atoms with Crippen LogP contribution >= 0.6 is 0 Å². The van der Waals surface area contributed by atoms with Gasteiger partial charge in [-0.3, -0.25) is 4.79 Å². The molecule has 25 heavy (non-hydrogen) atoms. The molecule has 0 bridgehead atoms. The quantitative estimate of drug-likeness (QED) is 0.863. The van der Waals surface area contributed by atoms with Crippen LogP contribution in [-0.2, 0) is 16.1 Å². The molecule has 1 atom stereocenters. The van der Waals surface area contributed by atoms with Crippen LogP contribution in [0.4, 0.5) is 10.5 Å². The number of nitrogens with zero attached hydrogens (tertiary/aromatic N) is 2. The zero-order valence-corrected chi connectivity index (χ0v) is 14.1. The average Bonchev–Trinajstić information content (AvgIpc) is 3.06. The predicted molar refractivity (Wildman–Crippen MR) is 90.8 cm³/mol. The minimum atomic E-state index is -0.320. The van der Waals surface area contributed by atoms with E-state index in [0.29, 0.717) is 25.3 Å². The molecule has 1 aliphatic rings. The summed E-state index contributed by atoms with van der Waals surface area (Å²) >= 11 is 0. The minimum absolute atomic E-state index is 0.0619. The first-order valence-corrected chi connectivity index (χ1v) is 8.31. The molecule has 1 aromatic carbocycles. The van der Waals surface area contributed by atoms with E-state index in [9.17, 15) is 9.59 Å². The van der Waals surface area contributed by atoms with Gasteiger partial charge in [0.1, 0.15) is 0 Å². The standard InChI is InChI=1S/C18H21N3O4/c1-13-10-16(25-20-13)12-24-17(22)14-6-5-9-21(11-14)18(23)19-15-7-3-2-4-8-15/h2-4,7-8,10,14H,5-6,9,11-12H2,1H3,(H,19,23)/t14-/m1/s1. The van der Waals surface area contributed by atoms with Crippen LogP contribution in [0.2, 0.25) is 0 Å². The number of anilines is 1. The average molecular weight is 343 g/mol. The molecule has 1 N–H and O–H groups in total. The van der Waals surface area contributed by atoms with E-state index >= 15 is 0 Å². The summed E-state index contributed by atoms with van der Waals surface area (Å²) in [4.78, 5) is 26.3. The van der Waals surface area contributed by atoms with Gasteiger partial charge in [0.2, 0.25) is 0 Å². The van der Waals surface area contributed by atoms with Gasteiger partial charge in [-0.2, -0.15) is 0 Å². The van der Waals surface area contributed by atoms with Gasteiger partial charge >= 0.3 is 12.0 Å². The first-order valence-electron chi connectivity index (χ1n) is 8.31. The number of benzene rings is 1. The number of hydrogen-bond acceptors (Lipinski definition) is 5. The third-order valence-corrected chi connectivity index (χ3v) is 4.10. The van der Waals surface area contributed by atoms with Crippen molar-refractivity contribution in [3.8, 4) is 0 Å². The largest absolute Gasteiger partial charge is 0.457 e. The fourth-order valence-corrected chi connectivity index (χ4v) is 2.82. The normalized spacial score (nSPS) is 17.2. The monoisotopic (exact) mass is 343 g/mol. The first kappa shape index (κ1) is 17.0. The number of aryl methyl sites for hydroxylation is 1. The number of esters is 1. The lowest BCUT2D eigenvalue weighted by molar-refractivity contribution is -0.152. The van der Waals surface area contributed by atoms with E-state index in [1.54, 1.807) is 17.9 Å².